The summed E-state index contributed by atoms with van der Waals surface area (Å²) in [6, 6.07) is 17.3. The maximum absolute atomic E-state index is 13.0. The second-order valence-corrected chi connectivity index (χ2v) is 7.59. The standard InChI is InChI=1S/C23H25N5O2/c1-25-18-7-3-4-8-19(18)26(2)23(25)17(15-24)22(30)16-27-11-13-28(14-12-27)20-9-5-6-10-21(20)29/h3-10,29H,11-14,16H2,1-2H3. The zero-order valence-corrected chi connectivity index (χ0v) is 17.2. The number of carbonyl (C=O) groups excluding carboxylic acids is 1. The number of rotatable bonds is 4. The minimum atomic E-state index is -0.171. The Labute approximate surface area is 176 Å². The number of Topliss-reactive ketones (excluding diaryl/α,β-unsaturated/α-hetero) is 1. The molecule has 0 bridgehead atoms. The van der Waals surface area contributed by atoms with Gasteiger partial charge in [0.2, 0.25) is 0 Å². The van der Waals surface area contributed by atoms with Gasteiger partial charge < -0.3 is 19.8 Å². The monoisotopic (exact) mass is 403 g/mol. The van der Waals surface area contributed by atoms with Crippen molar-refractivity contribution in [3.8, 4) is 11.8 Å². The molecule has 0 atom stereocenters. The van der Waals surface area contributed by atoms with E-state index in [0.717, 1.165) is 17.1 Å². The van der Waals surface area contributed by atoms with Crippen molar-refractivity contribution in [1.29, 1.82) is 5.26 Å². The van der Waals surface area contributed by atoms with Crippen molar-refractivity contribution >= 4 is 22.8 Å². The number of anilines is 3. The number of para-hydroxylation sites is 4. The molecule has 0 saturated carbocycles. The van der Waals surface area contributed by atoms with Gasteiger partial charge in [0.25, 0.3) is 0 Å². The van der Waals surface area contributed by atoms with Gasteiger partial charge in [0.15, 0.2) is 5.78 Å². The van der Waals surface area contributed by atoms with Gasteiger partial charge in [0.1, 0.15) is 23.2 Å². The van der Waals surface area contributed by atoms with Gasteiger partial charge in [-0.3, -0.25) is 9.69 Å². The average molecular weight is 403 g/mol. The number of hydrogen-bond acceptors (Lipinski definition) is 7. The fourth-order valence-corrected chi connectivity index (χ4v) is 4.22. The molecule has 1 saturated heterocycles. The highest BCUT2D eigenvalue weighted by atomic mass is 16.3. The molecule has 154 valence electrons. The summed E-state index contributed by atoms with van der Waals surface area (Å²) in [4.78, 5) is 21.0. The van der Waals surface area contributed by atoms with Crippen LogP contribution in [0.25, 0.3) is 0 Å². The van der Waals surface area contributed by atoms with Gasteiger partial charge in [-0.25, -0.2) is 0 Å². The lowest BCUT2D eigenvalue weighted by molar-refractivity contribution is -0.116. The molecule has 0 aromatic heterocycles. The molecular formula is C23H25N5O2. The van der Waals surface area contributed by atoms with E-state index in [1.54, 1.807) is 12.1 Å². The highest BCUT2D eigenvalue weighted by molar-refractivity contribution is 6.03. The first-order valence-electron chi connectivity index (χ1n) is 10.0. The number of nitrogens with zero attached hydrogens (tertiary/aromatic N) is 5. The third-order valence-corrected chi connectivity index (χ3v) is 5.82. The van der Waals surface area contributed by atoms with Gasteiger partial charge in [-0.2, -0.15) is 5.26 Å². The number of piperazine rings is 1. The number of hydrogen-bond donors (Lipinski definition) is 1. The van der Waals surface area contributed by atoms with Crippen molar-refractivity contribution < 1.29 is 9.90 Å². The molecule has 1 fully saturated rings. The number of phenols is 1. The van der Waals surface area contributed by atoms with Crippen LogP contribution in [0.2, 0.25) is 0 Å². The highest BCUT2D eigenvalue weighted by Gasteiger charge is 2.32. The minimum Gasteiger partial charge on any atom is -0.506 e. The van der Waals surface area contributed by atoms with E-state index >= 15 is 0 Å². The van der Waals surface area contributed by atoms with Crippen LogP contribution in [0.4, 0.5) is 17.1 Å². The molecule has 2 aromatic carbocycles. The molecule has 4 rings (SSSR count). The zero-order valence-electron chi connectivity index (χ0n) is 17.2. The van der Waals surface area contributed by atoms with Crippen LogP contribution < -0.4 is 14.7 Å². The maximum atomic E-state index is 13.0. The Morgan fingerprint density at radius 2 is 1.47 bits per heavy atom. The lowest BCUT2D eigenvalue weighted by atomic mass is 10.1. The molecule has 1 N–H and O–H groups in total. The quantitative estimate of drug-likeness (QED) is 0.621. The summed E-state index contributed by atoms with van der Waals surface area (Å²) in [6.45, 7) is 3.03. The van der Waals surface area contributed by atoms with E-state index in [-0.39, 0.29) is 23.7 Å². The molecule has 0 amide bonds. The zero-order chi connectivity index (χ0) is 21.3. The van der Waals surface area contributed by atoms with Gasteiger partial charge in [-0.05, 0) is 24.3 Å². The van der Waals surface area contributed by atoms with E-state index in [4.69, 9.17) is 0 Å². The first kappa shape index (κ1) is 19.8. The van der Waals surface area contributed by atoms with Gasteiger partial charge in [0, 0.05) is 40.3 Å². The number of fused-ring (bicyclic) bond motifs is 1. The van der Waals surface area contributed by atoms with Crippen LogP contribution in [0.15, 0.2) is 59.9 Å². The fourth-order valence-electron chi connectivity index (χ4n) is 4.22. The lowest BCUT2D eigenvalue weighted by Gasteiger charge is -2.36. The summed E-state index contributed by atoms with van der Waals surface area (Å²) in [5.74, 6) is 0.719. The molecular weight excluding hydrogens is 378 g/mol. The number of nitriles is 1. The van der Waals surface area contributed by atoms with Crippen LogP contribution in [-0.2, 0) is 4.79 Å². The predicted molar refractivity (Wildman–Crippen MR) is 118 cm³/mol. The molecule has 0 aliphatic carbocycles. The third-order valence-electron chi connectivity index (χ3n) is 5.82. The Hall–Kier alpha value is -3.50. The smallest absolute Gasteiger partial charge is 0.191 e. The van der Waals surface area contributed by atoms with Crippen molar-refractivity contribution in [2.45, 2.75) is 0 Å². The van der Waals surface area contributed by atoms with E-state index in [1.165, 1.54) is 0 Å². The summed E-state index contributed by atoms with van der Waals surface area (Å²) < 4.78 is 0. The summed E-state index contributed by atoms with van der Waals surface area (Å²) in [6.07, 6.45) is 0. The molecule has 0 spiro atoms. The first-order chi connectivity index (χ1) is 14.5. The molecule has 30 heavy (non-hydrogen) atoms. The average Bonchev–Trinajstić information content (AvgIpc) is 3.01. The number of benzene rings is 2. The lowest BCUT2D eigenvalue weighted by Crippen LogP contribution is -2.48. The van der Waals surface area contributed by atoms with Crippen LogP contribution >= 0.6 is 0 Å². The second kappa shape index (κ2) is 8.09. The van der Waals surface area contributed by atoms with E-state index in [0.29, 0.717) is 32.0 Å². The Morgan fingerprint density at radius 3 is 2.00 bits per heavy atom. The van der Waals surface area contributed by atoms with Gasteiger partial charge in [-0.15, -0.1) is 0 Å². The van der Waals surface area contributed by atoms with E-state index < -0.39 is 0 Å². The van der Waals surface area contributed by atoms with Crippen molar-refractivity contribution in [3.05, 3.63) is 59.9 Å². The topological polar surface area (TPSA) is 74.0 Å². The molecule has 7 heteroatoms. The number of aromatic hydroxyl groups is 1. The Kier molecular flexibility index (Phi) is 5.34. The van der Waals surface area contributed by atoms with Crippen molar-refractivity contribution in [2.24, 2.45) is 0 Å². The van der Waals surface area contributed by atoms with Gasteiger partial charge in [-0.1, -0.05) is 24.3 Å². The van der Waals surface area contributed by atoms with Crippen LogP contribution in [-0.4, -0.2) is 62.6 Å². The Balaban J connectivity index is 1.46. The minimum absolute atomic E-state index is 0.171. The Bertz CT molecular complexity index is 1000. The number of phenolic OH excluding ortho intramolecular Hbond substituents is 1. The van der Waals surface area contributed by atoms with E-state index in [1.807, 2.05) is 60.3 Å². The summed E-state index contributed by atoms with van der Waals surface area (Å²) in [5.41, 5.74) is 2.95. The molecule has 2 heterocycles. The van der Waals surface area contributed by atoms with Gasteiger partial charge in [0.05, 0.1) is 23.6 Å². The highest BCUT2D eigenvalue weighted by Crippen LogP contribution is 2.40. The summed E-state index contributed by atoms with van der Waals surface area (Å²) >= 11 is 0. The third kappa shape index (κ3) is 3.46. The number of ketones is 1. The molecule has 2 aliphatic rings. The van der Waals surface area contributed by atoms with E-state index in [2.05, 4.69) is 15.9 Å². The maximum Gasteiger partial charge on any atom is 0.191 e. The summed E-state index contributed by atoms with van der Waals surface area (Å²) in [7, 11) is 3.76. The summed E-state index contributed by atoms with van der Waals surface area (Å²) in [5, 5.41) is 19.8. The molecule has 7 nitrogen and oxygen atoms in total. The first-order valence-corrected chi connectivity index (χ1v) is 10.0. The molecule has 2 aromatic rings. The molecule has 0 radical (unpaired) electrons. The SMILES string of the molecule is CN1C(=C(C#N)C(=O)CN2CCN(c3ccccc3O)CC2)N(C)c2ccccc21. The van der Waals surface area contributed by atoms with Crippen molar-refractivity contribution in [2.75, 3.05) is 61.5 Å². The normalized spacial score (nSPS) is 16.4. The fraction of sp³-hybridized carbons (Fsp3) is 0.304. The van der Waals surface area contributed by atoms with E-state index in [9.17, 15) is 15.2 Å². The molecule has 0 unspecified atom stereocenters. The number of carbonyl (C=O) groups is 1. The van der Waals surface area contributed by atoms with Crippen molar-refractivity contribution in [1.82, 2.24) is 4.90 Å². The Morgan fingerprint density at radius 1 is 0.933 bits per heavy atom. The van der Waals surface area contributed by atoms with Crippen LogP contribution in [0.5, 0.6) is 5.75 Å². The second-order valence-electron chi connectivity index (χ2n) is 7.59. The molecule has 2 aliphatic heterocycles. The van der Waals surface area contributed by atoms with Crippen molar-refractivity contribution in [3.63, 3.8) is 0 Å². The van der Waals surface area contributed by atoms with Crippen LogP contribution in [0, 0.1) is 11.3 Å². The van der Waals surface area contributed by atoms with Crippen LogP contribution in [0.3, 0.4) is 0 Å². The predicted octanol–water partition coefficient (Wildman–Crippen LogP) is 2.40. The van der Waals surface area contributed by atoms with Gasteiger partial charge >= 0.3 is 0 Å². The largest absolute Gasteiger partial charge is 0.506 e. The van der Waals surface area contributed by atoms with Crippen LogP contribution in [0.1, 0.15) is 0 Å².